The Hall–Kier alpha value is -2.81. The highest BCUT2D eigenvalue weighted by molar-refractivity contribution is 7.45. The van der Waals surface area contributed by atoms with E-state index in [0.29, 0.717) is 23.9 Å². The second-order valence-corrected chi connectivity index (χ2v) is 26.4. The molecule has 0 saturated heterocycles. The normalized spacial score (nSPS) is 14.0. The predicted molar refractivity (Wildman–Crippen MR) is 362 cm³/mol. The molecule has 0 aromatic rings. The lowest BCUT2D eigenvalue weighted by molar-refractivity contribution is -0.870. The van der Waals surface area contributed by atoms with Gasteiger partial charge in [-0.15, -0.1) is 0 Å². The van der Waals surface area contributed by atoms with Gasteiger partial charge in [-0.25, -0.2) is 0 Å². The summed E-state index contributed by atoms with van der Waals surface area (Å²) in [5.41, 5.74) is 0. The first kappa shape index (κ1) is 81.2. The van der Waals surface area contributed by atoms with E-state index in [9.17, 15) is 19.0 Å². The van der Waals surface area contributed by atoms with Crippen molar-refractivity contribution in [2.45, 2.75) is 335 Å². The summed E-state index contributed by atoms with van der Waals surface area (Å²) in [6, 6.07) is -0.922. The fraction of sp³-hybridized carbons (Fsp3) is 0.784. The molecule has 84 heavy (non-hydrogen) atoms. The van der Waals surface area contributed by atoms with Crippen molar-refractivity contribution in [1.82, 2.24) is 5.32 Å². The van der Waals surface area contributed by atoms with Crippen molar-refractivity contribution in [3.63, 3.8) is 0 Å². The molecule has 0 spiro atoms. The number of allylic oxidation sites excluding steroid dienone is 13. The highest BCUT2D eigenvalue weighted by Crippen LogP contribution is 2.38. The first-order valence-electron chi connectivity index (χ1n) is 35.4. The van der Waals surface area contributed by atoms with E-state index in [1.807, 2.05) is 39.4 Å². The molecule has 0 aliphatic heterocycles. The largest absolute Gasteiger partial charge is 0.756 e. The van der Waals surface area contributed by atoms with Crippen LogP contribution in [0.3, 0.4) is 0 Å². The molecule has 0 aromatic heterocycles. The van der Waals surface area contributed by atoms with Gasteiger partial charge in [0.15, 0.2) is 0 Å². The lowest BCUT2D eigenvalue weighted by Crippen LogP contribution is -2.47. The van der Waals surface area contributed by atoms with Gasteiger partial charge in [-0.2, -0.15) is 0 Å². The van der Waals surface area contributed by atoms with Crippen LogP contribution in [0.1, 0.15) is 323 Å². The summed E-state index contributed by atoms with van der Waals surface area (Å²) in [7, 11) is 1.15. The molecule has 3 atom stereocenters. The molecule has 0 rings (SSSR count). The minimum atomic E-state index is -4.72. The van der Waals surface area contributed by atoms with Gasteiger partial charge in [0, 0.05) is 12.8 Å². The molecule has 1 N–H and O–H groups in total. The minimum absolute atomic E-state index is 0.0350. The molecule has 10 heteroatoms. The Balaban J connectivity index is 5.09. The van der Waals surface area contributed by atoms with Crippen molar-refractivity contribution in [2.24, 2.45) is 0 Å². The average Bonchev–Trinajstić information content (AvgIpc) is 3.65. The summed E-state index contributed by atoms with van der Waals surface area (Å²) >= 11 is 0. The molecule has 0 aliphatic rings. The number of carbonyl (C=O) groups is 2. The van der Waals surface area contributed by atoms with Gasteiger partial charge < -0.3 is 28.5 Å². The van der Waals surface area contributed by atoms with Crippen LogP contribution in [0.2, 0.25) is 0 Å². The van der Waals surface area contributed by atoms with Crippen LogP contribution in [-0.2, 0) is 27.9 Å². The SMILES string of the molecule is CC/C=C\C/C=C\C/C=C\C/C=C\C/C=C\C/C=C\CCC(=O)OC(/C=C\CCCCCCCCCCCC)C(COP(=O)([O-])OCC[N+](C)(C)C)NC(=O)CCCCCCCCCCCCCCCCCCCCCCCCCCCCC. The number of phosphoric acid groups is 1. The Morgan fingerprint density at radius 3 is 1.14 bits per heavy atom. The Labute approximate surface area is 520 Å². The van der Waals surface area contributed by atoms with Gasteiger partial charge in [0.1, 0.15) is 19.3 Å². The van der Waals surface area contributed by atoms with E-state index >= 15 is 0 Å². The molecule has 488 valence electrons. The molecule has 0 radical (unpaired) electrons. The standard InChI is InChI=1S/C74H135N2O7P/c1-7-10-13-16-19-22-25-28-30-32-34-35-36-37-38-39-40-41-43-44-46-48-51-54-57-60-63-66-73(77)75-71(70-82-84(79,80)81-69-68-76(4,5)6)72(65-62-59-56-53-50-27-24-21-18-15-12-9-3)83-74(78)67-64-61-58-55-52-49-47-45-42-33-31-29-26-23-20-17-14-11-8-2/h11,14,20,23,29,31,42,45,49,52,58,61-62,65,71-72H,7-10,12-13,15-19,21-22,24-28,30,32-41,43-44,46-48,50-51,53-57,59-60,63-64,66-70H2,1-6H3,(H-,75,77,79,80)/b14-11-,23-20-,31-29-,45-42-,52-49-,61-58-,65-62-. The fourth-order valence-corrected chi connectivity index (χ4v) is 10.9. The number of unbranched alkanes of at least 4 members (excludes halogenated alkanes) is 36. The molecular weight excluding hydrogens is 1060 g/mol. The van der Waals surface area contributed by atoms with Crippen LogP contribution >= 0.6 is 7.82 Å². The summed E-state index contributed by atoms with van der Waals surface area (Å²) in [5, 5.41) is 3.02. The molecule has 0 aliphatic carbocycles. The summed E-state index contributed by atoms with van der Waals surface area (Å²) in [6.45, 7) is 6.71. The number of hydrogen-bond donors (Lipinski definition) is 1. The Bertz CT molecular complexity index is 1710. The number of hydrogen-bond acceptors (Lipinski definition) is 7. The number of nitrogens with zero attached hydrogens (tertiary/aromatic N) is 1. The van der Waals surface area contributed by atoms with Gasteiger partial charge >= 0.3 is 5.97 Å². The minimum Gasteiger partial charge on any atom is -0.756 e. The van der Waals surface area contributed by atoms with E-state index in [1.54, 1.807) is 0 Å². The number of quaternary nitrogens is 1. The third-order valence-corrected chi connectivity index (χ3v) is 16.6. The highest BCUT2D eigenvalue weighted by atomic mass is 31.2. The molecule has 0 bridgehead atoms. The molecular formula is C74H135N2O7P. The molecule has 3 unspecified atom stereocenters. The zero-order chi connectivity index (χ0) is 61.4. The number of nitrogens with one attached hydrogen (secondary N) is 1. The van der Waals surface area contributed by atoms with Crippen LogP contribution in [0.15, 0.2) is 85.1 Å². The van der Waals surface area contributed by atoms with Crippen LogP contribution in [0.4, 0.5) is 0 Å². The van der Waals surface area contributed by atoms with E-state index in [2.05, 4.69) is 92.9 Å². The van der Waals surface area contributed by atoms with E-state index < -0.39 is 32.5 Å². The van der Waals surface area contributed by atoms with Gasteiger partial charge in [-0.1, -0.05) is 324 Å². The Morgan fingerprint density at radius 1 is 0.429 bits per heavy atom. The quantitative estimate of drug-likeness (QED) is 0.0212. The third kappa shape index (κ3) is 63.7. The van der Waals surface area contributed by atoms with Crippen molar-refractivity contribution in [3.8, 4) is 0 Å². The maximum Gasteiger partial charge on any atom is 0.306 e. The van der Waals surface area contributed by atoms with Crippen molar-refractivity contribution in [3.05, 3.63) is 85.1 Å². The lowest BCUT2D eigenvalue weighted by Gasteiger charge is -2.30. The fourth-order valence-electron chi connectivity index (χ4n) is 10.2. The highest BCUT2D eigenvalue weighted by Gasteiger charge is 2.27. The topological polar surface area (TPSA) is 114 Å². The molecule has 0 saturated carbocycles. The zero-order valence-corrected chi connectivity index (χ0v) is 56.7. The molecule has 0 fully saturated rings. The molecule has 0 aromatic carbocycles. The number of amides is 1. The smallest absolute Gasteiger partial charge is 0.306 e. The number of esters is 1. The summed E-state index contributed by atoms with van der Waals surface area (Å²) in [6.07, 6.45) is 84.5. The average molecular weight is 1200 g/mol. The number of rotatable bonds is 64. The summed E-state index contributed by atoms with van der Waals surface area (Å²) in [5.74, 6) is -0.630. The second-order valence-electron chi connectivity index (χ2n) is 25.0. The first-order chi connectivity index (χ1) is 40.9. The number of carbonyl (C=O) groups excluding carboxylic acids is 2. The number of ether oxygens (including phenoxy) is 1. The van der Waals surface area contributed by atoms with Crippen LogP contribution in [0.5, 0.6) is 0 Å². The van der Waals surface area contributed by atoms with Crippen molar-refractivity contribution < 1.29 is 37.3 Å². The van der Waals surface area contributed by atoms with Crippen LogP contribution in [-0.4, -0.2) is 69.4 Å². The van der Waals surface area contributed by atoms with Gasteiger partial charge in [0.05, 0.1) is 33.8 Å². The van der Waals surface area contributed by atoms with Crippen molar-refractivity contribution in [1.29, 1.82) is 0 Å². The van der Waals surface area contributed by atoms with E-state index in [4.69, 9.17) is 13.8 Å². The number of likely N-dealkylation sites (N-methyl/N-ethyl adjacent to an activating group) is 1. The molecule has 0 heterocycles. The van der Waals surface area contributed by atoms with Gasteiger partial charge in [-0.3, -0.25) is 14.2 Å². The maximum absolute atomic E-state index is 13.6. The maximum atomic E-state index is 13.6. The van der Waals surface area contributed by atoms with E-state index in [-0.39, 0.29) is 18.9 Å². The Kier molecular flexibility index (Phi) is 61.1. The monoisotopic (exact) mass is 1200 g/mol. The zero-order valence-electron chi connectivity index (χ0n) is 55.8. The summed E-state index contributed by atoms with van der Waals surface area (Å²) < 4.78 is 30.3. The second kappa shape index (κ2) is 63.2. The van der Waals surface area contributed by atoms with E-state index in [1.165, 1.54) is 205 Å². The van der Waals surface area contributed by atoms with E-state index in [0.717, 1.165) is 77.0 Å². The van der Waals surface area contributed by atoms with Crippen molar-refractivity contribution >= 4 is 19.7 Å². The van der Waals surface area contributed by atoms with Crippen LogP contribution in [0.25, 0.3) is 0 Å². The lowest BCUT2D eigenvalue weighted by atomic mass is 10.0. The van der Waals surface area contributed by atoms with Crippen molar-refractivity contribution in [2.75, 3.05) is 40.9 Å². The van der Waals surface area contributed by atoms with Gasteiger partial charge in [-0.05, 0) is 70.3 Å². The Morgan fingerprint density at radius 2 is 0.774 bits per heavy atom. The van der Waals surface area contributed by atoms with Gasteiger partial charge in [0.25, 0.3) is 7.82 Å². The van der Waals surface area contributed by atoms with Crippen LogP contribution < -0.4 is 10.2 Å². The van der Waals surface area contributed by atoms with Gasteiger partial charge in [0.2, 0.25) is 5.91 Å². The molecule has 1 amide bonds. The summed E-state index contributed by atoms with van der Waals surface area (Å²) in [4.78, 5) is 40.1. The predicted octanol–water partition coefficient (Wildman–Crippen LogP) is 21.9. The first-order valence-corrected chi connectivity index (χ1v) is 36.9. The van der Waals surface area contributed by atoms with Crippen LogP contribution in [0, 0.1) is 0 Å². The number of phosphoric ester groups is 1. The third-order valence-electron chi connectivity index (χ3n) is 15.6. The molecule has 9 nitrogen and oxygen atoms in total.